The minimum absolute atomic E-state index is 0.119. The molecule has 0 aromatic rings. The second kappa shape index (κ2) is 9.82. The first-order valence-corrected chi connectivity index (χ1v) is 12.4. The van der Waals surface area contributed by atoms with E-state index in [2.05, 4.69) is 0 Å². The molecule has 9 heteroatoms. The number of rotatable bonds is 4. The zero-order valence-corrected chi connectivity index (χ0v) is 22.5. The summed E-state index contributed by atoms with van der Waals surface area (Å²) in [5, 5.41) is 0. The number of cyclic esters (lactones) is 1. The SMILES string of the molecule is CC1=CC(=O)C(C2(C)OC(=NC3CCCCC3)C(C(=O)OC(C)(C)C)=C2C(=O)OC(C)(C)C)C(=O)O1. The van der Waals surface area contributed by atoms with Crippen LogP contribution >= 0.6 is 0 Å². The highest BCUT2D eigenvalue weighted by Crippen LogP contribution is 2.44. The van der Waals surface area contributed by atoms with E-state index in [0.717, 1.165) is 32.1 Å². The molecule has 2 unspecified atom stereocenters. The normalized spacial score (nSPS) is 26.9. The fourth-order valence-corrected chi connectivity index (χ4v) is 4.62. The van der Waals surface area contributed by atoms with Crippen LogP contribution < -0.4 is 0 Å². The van der Waals surface area contributed by atoms with Crippen molar-refractivity contribution in [3.8, 4) is 0 Å². The van der Waals surface area contributed by atoms with Crippen LogP contribution in [-0.2, 0) is 38.1 Å². The predicted octanol–water partition coefficient (Wildman–Crippen LogP) is 4.13. The number of ketones is 1. The molecule has 1 saturated carbocycles. The van der Waals surface area contributed by atoms with Crippen molar-refractivity contribution in [1.82, 2.24) is 0 Å². The number of nitrogens with zero attached hydrogens (tertiary/aromatic N) is 1. The van der Waals surface area contributed by atoms with Gasteiger partial charge in [0.25, 0.3) is 0 Å². The van der Waals surface area contributed by atoms with Gasteiger partial charge < -0.3 is 18.9 Å². The molecule has 36 heavy (non-hydrogen) atoms. The molecule has 198 valence electrons. The van der Waals surface area contributed by atoms with Gasteiger partial charge in [0.2, 0.25) is 5.90 Å². The Labute approximate surface area is 212 Å². The molecule has 0 N–H and O–H groups in total. The summed E-state index contributed by atoms with van der Waals surface area (Å²) in [4.78, 5) is 57.9. The Kier molecular flexibility index (Phi) is 7.54. The number of hydrogen-bond donors (Lipinski definition) is 0. The minimum atomic E-state index is -1.90. The van der Waals surface area contributed by atoms with Gasteiger partial charge in [-0.25, -0.2) is 14.6 Å². The third kappa shape index (κ3) is 6.05. The second-order valence-electron chi connectivity index (χ2n) is 11.7. The molecule has 1 fully saturated rings. The number of esters is 3. The zero-order valence-electron chi connectivity index (χ0n) is 22.5. The van der Waals surface area contributed by atoms with E-state index in [4.69, 9.17) is 23.9 Å². The van der Waals surface area contributed by atoms with E-state index in [-0.39, 0.29) is 28.8 Å². The van der Waals surface area contributed by atoms with E-state index >= 15 is 0 Å². The average molecular weight is 504 g/mol. The number of carbonyl (C=O) groups is 4. The third-order valence-corrected chi connectivity index (χ3v) is 6.03. The van der Waals surface area contributed by atoms with Crippen molar-refractivity contribution in [3.05, 3.63) is 23.0 Å². The van der Waals surface area contributed by atoms with Crippen LogP contribution in [0.5, 0.6) is 0 Å². The lowest BCUT2D eigenvalue weighted by Crippen LogP contribution is -2.50. The van der Waals surface area contributed by atoms with E-state index in [1.165, 1.54) is 19.9 Å². The minimum Gasteiger partial charge on any atom is -0.464 e. The highest BCUT2D eigenvalue weighted by Gasteiger charge is 2.60. The molecule has 0 saturated heterocycles. The molecule has 1 aliphatic carbocycles. The number of carbonyl (C=O) groups excluding carboxylic acids is 4. The quantitative estimate of drug-likeness (QED) is 0.319. The molecule has 9 nitrogen and oxygen atoms in total. The fourth-order valence-electron chi connectivity index (χ4n) is 4.62. The molecule has 3 aliphatic rings. The van der Waals surface area contributed by atoms with Crippen LogP contribution in [0.2, 0.25) is 0 Å². The summed E-state index contributed by atoms with van der Waals surface area (Å²) in [5.41, 5.74) is -4.21. The van der Waals surface area contributed by atoms with Crippen molar-refractivity contribution in [2.24, 2.45) is 10.9 Å². The van der Waals surface area contributed by atoms with Crippen molar-refractivity contribution in [2.75, 3.05) is 0 Å². The molecule has 0 radical (unpaired) electrons. The monoisotopic (exact) mass is 503 g/mol. The van der Waals surface area contributed by atoms with E-state index in [9.17, 15) is 19.2 Å². The van der Waals surface area contributed by atoms with Crippen molar-refractivity contribution >= 4 is 29.6 Å². The molecule has 2 aliphatic heterocycles. The Bertz CT molecular complexity index is 1050. The van der Waals surface area contributed by atoms with Crippen LogP contribution in [0.4, 0.5) is 0 Å². The standard InChI is InChI=1S/C27H37NO8/c1-15-14-17(29)19(23(31)33-15)27(8)20(24(32)36-26(5,6)7)18(22(30)35-25(2,3)4)21(34-27)28-16-12-10-9-11-13-16/h14,16,19H,9-13H2,1-8H3. The molecular weight excluding hydrogens is 466 g/mol. The van der Waals surface area contributed by atoms with Crippen molar-refractivity contribution < 1.29 is 38.1 Å². The second-order valence-corrected chi connectivity index (χ2v) is 11.7. The van der Waals surface area contributed by atoms with E-state index in [1.54, 1.807) is 41.5 Å². The predicted molar refractivity (Wildman–Crippen MR) is 131 cm³/mol. The topological polar surface area (TPSA) is 118 Å². The van der Waals surface area contributed by atoms with Gasteiger partial charge in [-0.05, 0) is 68.2 Å². The lowest BCUT2D eigenvalue weighted by molar-refractivity contribution is -0.160. The first-order valence-electron chi connectivity index (χ1n) is 12.4. The van der Waals surface area contributed by atoms with E-state index in [0.29, 0.717) is 0 Å². The van der Waals surface area contributed by atoms with Gasteiger partial charge >= 0.3 is 17.9 Å². The van der Waals surface area contributed by atoms with Crippen molar-refractivity contribution in [1.29, 1.82) is 0 Å². The summed E-state index contributed by atoms with van der Waals surface area (Å²) in [6.07, 6.45) is 5.79. The molecule has 0 bridgehead atoms. The molecule has 0 aromatic carbocycles. The summed E-state index contributed by atoms with van der Waals surface area (Å²) in [5.74, 6) is -4.75. The fraction of sp³-hybridized carbons (Fsp3) is 0.667. The maximum atomic E-state index is 13.6. The van der Waals surface area contributed by atoms with Crippen molar-refractivity contribution in [2.45, 2.75) is 110 Å². The summed E-state index contributed by atoms with van der Waals surface area (Å²) in [7, 11) is 0. The molecule has 2 heterocycles. The summed E-state index contributed by atoms with van der Waals surface area (Å²) >= 11 is 0. The van der Waals surface area contributed by atoms with Gasteiger partial charge in [0.1, 0.15) is 28.1 Å². The first kappa shape index (κ1) is 27.6. The Hall–Kier alpha value is -2.97. The summed E-state index contributed by atoms with van der Waals surface area (Å²) < 4.78 is 22.7. The molecule has 3 rings (SSSR count). The smallest absolute Gasteiger partial charge is 0.344 e. The molecule has 2 atom stereocenters. The lowest BCUT2D eigenvalue weighted by Gasteiger charge is -2.34. The van der Waals surface area contributed by atoms with Crippen LogP contribution in [0, 0.1) is 5.92 Å². The molecule has 0 amide bonds. The van der Waals surface area contributed by atoms with Gasteiger partial charge in [0.05, 0.1) is 6.04 Å². The molecular formula is C27H37NO8. The van der Waals surface area contributed by atoms with Gasteiger partial charge in [-0.2, -0.15) is 0 Å². The summed E-state index contributed by atoms with van der Waals surface area (Å²) in [6, 6.07) is -0.135. The molecule has 0 spiro atoms. The first-order chi connectivity index (χ1) is 16.5. The number of hydrogen-bond acceptors (Lipinski definition) is 9. The van der Waals surface area contributed by atoms with Gasteiger partial charge in [0.15, 0.2) is 17.3 Å². The van der Waals surface area contributed by atoms with Gasteiger partial charge in [-0.15, -0.1) is 0 Å². The highest BCUT2D eigenvalue weighted by atomic mass is 16.6. The van der Waals surface area contributed by atoms with Crippen LogP contribution in [0.3, 0.4) is 0 Å². The van der Waals surface area contributed by atoms with Gasteiger partial charge in [-0.3, -0.25) is 9.59 Å². The van der Waals surface area contributed by atoms with E-state index in [1.807, 2.05) is 0 Å². The number of allylic oxidation sites excluding steroid dienone is 2. The number of ether oxygens (including phenoxy) is 4. The average Bonchev–Trinajstić information content (AvgIpc) is 2.98. The number of aliphatic imine (C=N–C) groups is 1. The van der Waals surface area contributed by atoms with E-state index < -0.39 is 46.4 Å². The Balaban J connectivity index is 2.25. The maximum Gasteiger partial charge on any atom is 0.344 e. The Morgan fingerprint density at radius 1 is 0.972 bits per heavy atom. The van der Waals surface area contributed by atoms with Crippen LogP contribution in [0.15, 0.2) is 28.0 Å². The van der Waals surface area contributed by atoms with Crippen molar-refractivity contribution in [3.63, 3.8) is 0 Å². The summed E-state index contributed by atoms with van der Waals surface area (Å²) in [6.45, 7) is 13.0. The highest BCUT2D eigenvalue weighted by molar-refractivity contribution is 6.25. The molecule has 0 aromatic heterocycles. The van der Waals surface area contributed by atoms with Crippen LogP contribution in [0.1, 0.15) is 87.5 Å². The van der Waals surface area contributed by atoms with Gasteiger partial charge in [0, 0.05) is 6.08 Å². The third-order valence-electron chi connectivity index (χ3n) is 6.03. The van der Waals surface area contributed by atoms with Crippen LogP contribution in [0.25, 0.3) is 0 Å². The van der Waals surface area contributed by atoms with Gasteiger partial charge in [-0.1, -0.05) is 19.3 Å². The van der Waals surface area contributed by atoms with Crippen LogP contribution in [-0.4, -0.2) is 52.4 Å². The lowest BCUT2D eigenvalue weighted by atomic mass is 9.78. The maximum absolute atomic E-state index is 13.6. The largest absolute Gasteiger partial charge is 0.464 e. The Morgan fingerprint density at radius 2 is 1.53 bits per heavy atom. The Morgan fingerprint density at radius 3 is 2.06 bits per heavy atom. The zero-order chi connectivity index (χ0) is 27.1.